The van der Waals surface area contributed by atoms with Crippen LogP contribution in [0.15, 0.2) is 0 Å². The molecule has 0 rings (SSSR count). The van der Waals surface area contributed by atoms with E-state index in [0.717, 1.165) is 0 Å². The molecule has 11 heteroatoms. The maximum Gasteiger partial charge on any atom is 0.394 e. The van der Waals surface area contributed by atoms with Gasteiger partial charge in [-0.05, 0) is 0 Å². The number of rotatable bonds is 0. The van der Waals surface area contributed by atoms with Gasteiger partial charge in [-0.25, -0.2) is 0 Å². The second kappa shape index (κ2) is 22.6. The highest BCUT2D eigenvalue weighted by molar-refractivity contribution is 7.79. The second-order valence-electron chi connectivity index (χ2n) is 0.448. The molecule has 0 atom stereocenters. The lowest BCUT2D eigenvalue weighted by molar-refractivity contribution is 0.381. The van der Waals surface area contributed by atoms with Crippen molar-refractivity contribution < 1.29 is 44.9 Å². The summed E-state index contributed by atoms with van der Waals surface area (Å²) in [6, 6.07) is 0. The van der Waals surface area contributed by atoms with Crippen LogP contribution in [0.4, 0.5) is 0 Å². The predicted octanol–water partition coefficient (Wildman–Crippen LogP) is -4.61. The molecule has 0 aliphatic heterocycles. The van der Waals surface area contributed by atoms with E-state index < -0.39 is 10.4 Å². The third-order valence-corrected chi connectivity index (χ3v) is 0. The Hall–Kier alpha value is -0.370. The van der Waals surface area contributed by atoms with Gasteiger partial charge in [-0.2, -0.15) is 8.42 Å². The zero-order chi connectivity index (χ0) is 4.50. The molecule has 0 aliphatic rings. The summed E-state index contributed by atoms with van der Waals surface area (Å²) in [6.45, 7) is 0. The number of hydrogen-bond acceptors (Lipinski definition) is 3. The van der Waals surface area contributed by atoms with Crippen LogP contribution in [-0.4, -0.2) is 44.9 Å². The van der Waals surface area contributed by atoms with Gasteiger partial charge in [0.25, 0.3) is 0 Å². The molecule has 0 saturated carbocycles. The van der Waals surface area contributed by atoms with Crippen LogP contribution < -0.4 is 6.15 Å². The number of hydrogen-bond donors (Lipinski definition) is 3. The van der Waals surface area contributed by atoms with E-state index in [1.54, 1.807) is 0 Å². The van der Waals surface area contributed by atoms with Gasteiger partial charge >= 0.3 is 10.4 Å². The summed E-state index contributed by atoms with van der Waals surface area (Å²) in [7, 11) is -4.67. The van der Waals surface area contributed by atoms with Crippen molar-refractivity contribution in [2.45, 2.75) is 0 Å². The molecule has 0 aliphatic carbocycles. The third kappa shape index (κ3) is 4100. The first kappa shape index (κ1) is 74.8. The molecule has 0 amide bonds. The molecule has 0 saturated heterocycles. The topological polar surface area (TPSA) is 267 Å². The van der Waals surface area contributed by atoms with Crippen LogP contribution in [0.5, 0.6) is 0 Å². The van der Waals surface area contributed by atoms with Gasteiger partial charge in [0.1, 0.15) is 0 Å². The smallest absolute Gasteiger partial charge is 0.394 e. The van der Waals surface area contributed by atoms with Gasteiger partial charge in [0.05, 0.1) is 0 Å². The summed E-state index contributed by atoms with van der Waals surface area (Å²) >= 11 is 0. The Morgan fingerprint density at radius 2 is 0.727 bits per heavy atom. The Morgan fingerprint density at radius 1 is 0.727 bits per heavy atom. The summed E-state index contributed by atoms with van der Waals surface area (Å²) < 4.78 is 31.6. The van der Waals surface area contributed by atoms with Gasteiger partial charge in [-0.15, -0.1) is 0 Å². The fourth-order valence-corrected chi connectivity index (χ4v) is 0. The van der Waals surface area contributed by atoms with E-state index in [1.807, 2.05) is 0 Å². The van der Waals surface area contributed by atoms with Crippen LogP contribution in [0.3, 0.4) is 0 Å². The molecule has 10 nitrogen and oxygen atoms in total. The van der Waals surface area contributed by atoms with Crippen LogP contribution in [0.25, 0.3) is 0 Å². The molecule has 0 heterocycles. The zero-order valence-electron chi connectivity index (χ0n) is 5.33. The minimum Gasteiger partial charge on any atom is -0.412 e. The highest BCUT2D eigenvalue weighted by Crippen LogP contribution is 1.59. The molecule has 0 aromatic carbocycles. The highest BCUT2D eigenvalue weighted by Gasteiger charge is 1.84. The SMILES string of the molecule is N.O.O.O.O.O.O=S(=O)(O)O. The molecule has 0 aromatic rings. The van der Waals surface area contributed by atoms with Gasteiger partial charge in [0.2, 0.25) is 0 Å². The Balaban J connectivity index is -0.00000000533. The van der Waals surface area contributed by atoms with E-state index in [0.29, 0.717) is 0 Å². The molecule has 15 N–H and O–H groups in total. The van der Waals surface area contributed by atoms with Crippen molar-refractivity contribution in [3.05, 3.63) is 0 Å². The molecule has 11 heavy (non-hydrogen) atoms. The van der Waals surface area contributed by atoms with Crippen LogP contribution in [0.1, 0.15) is 0 Å². The van der Waals surface area contributed by atoms with Gasteiger partial charge in [-0.3, -0.25) is 9.11 Å². The lowest BCUT2D eigenvalue weighted by Gasteiger charge is -1.68. The molecule has 0 bridgehead atoms. The average molecular weight is 205 g/mol. The first-order valence-electron chi connectivity index (χ1n) is 0.698. The predicted molar refractivity (Wildman–Crippen MR) is 37.3 cm³/mol. The van der Waals surface area contributed by atoms with Gasteiger partial charge < -0.3 is 33.5 Å². The van der Waals surface area contributed by atoms with Crippen molar-refractivity contribution >= 4 is 10.4 Å². The van der Waals surface area contributed by atoms with E-state index in [9.17, 15) is 0 Å². The molecule has 0 unspecified atom stereocenters. The van der Waals surface area contributed by atoms with E-state index in [1.165, 1.54) is 0 Å². The van der Waals surface area contributed by atoms with Crippen molar-refractivity contribution in [2.24, 2.45) is 0 Å². The lowest BCUT2D eigenvalue weighted by atomic mass is 14.0. The van der Waals surface area contributed by atoms with E-state index >= 15 is 0 Å². The Bertz CT molecular complexity index is 92.7. The fourth-order valence-electron chi connectivity index (χ4n) is 0. The third-order valence-electron chi connectivity index (χ3n) is 0. The van der Waals surface area contributed by atoms with Crippen molar-refractivity contribution in [2.75, 3.05) is 0 Å². The Labute approximate surface area is 62.5 Å². The summed E-state index contributed by atoms with van der Waals surface area (Å²) in [5, 5.41) is 0. The van der Waals surface area contributed by atoms with E-state index in [2.05, 4.69) is 0 Å². The second-order valence-corrected chi connectivity index (χ2v) is 1.34. The van der Waals surface area contributed by atoms with Crippen LogP contribution in [0.2, 0.25) is 0 Å². The van der Waals surface area contributed by atoms with E-state index in [-0.39, 0.29) is 33.5 Å². The maximum absolute atomic E-state index is 8.74. The largest absolute Gasteiger partial charge is 0.412 e. The van der Waals surface area contributed by atoms with Gasteiger partial charge in [0, 0.05) is 0 Å². The molecular formula is H15NO9S. The average Bonchev–Trinajstić information content (AvgIpc) is 0.722. The molecule has 0 aromatic heterocycles. The molecular weight excluding hydrogens is 190 g/mol. The van der Waals surface area contributed by atoms with Crippen molar-refractivity contribution in [3.63, 3.8) is 0 Å². The minimum absolute atomic E-state index is 0. The summed E-state index contributed by atoms with van der Waals surface area (Å²) in [4.78, 5) is 0. The summed E-state index contributed by atoms with van der Waals surface area (Å²) in [5.41, 5.74) is 0. The lowest BCUT2D eigenvalue weighted by Crippen LogP contribution is -1.89. The van der Waals surface area contributed by atoms with Gasteiger partial charge in [0.15, 0.2) is 0 Å². The molecule has 0 fully saturated rings. The fraction of sp³-hybridized carbons (Fsp3) is 0. The summed E-state index contributed by atoms with van der Waals surface area (Å²) in [5.74, 6) is 0. The Morgan fingerprint density at radius 3 is 0.727 bits per heavy atom. The first-order valence-corrected chi connectivity index (χ1v) is 2.10. The summed E-state index contributed by atoms with van der Waals surface area (Å²) in [6.07, 6.45) is 0. The van der Waals surface area contributed by atoms with Gasteiger partial charge in [-0.1, -0.05) is 0 Å². The highest BCUT2D eigenvalue weighted by atomic mass is 32.3. The van der Waals surface area contributed by atoms with Crippen LogP contribution >= 0.6 is 0 Å². The Kier molecular flexibility index (Phi) is 154. The molecule has 0 radical (unpaired) electrons. The molecule has 0 spiro atoms. The standard InChI is InChI=1S/H3N.H2O4S.5H2O/c;1-5(2,3)4;;;;;/h1H3;(H2,1,2,3,4);5*1H2. The van der Waals surface area contributed by atoms with Crippen molar-refractivity contribution in [3.8, 4) is 0 Å². The molecule has 80 valence electrons. The normalized spacial score (nSPS) is 5.27. The minimum atomic E-state index is -4.67. The monoisotopic (exact) mass is 205 g/mol. The van der Waals surface area contributed by atoms with Crippen molar-refractivity contribution in [1.82, 2.24) is 6.15 Å². The maximum atomic E-state index is 8.74. The first-order chi connectivity index (χ1) is 2.00. The zero-order valence-corrected chi connectivity index (χ0v) is 6.14. The van der Waals surface area contributed by atoms with Crippen molar-refractivity contribution in [1.29, 1.82) is 0 Å². The van der Waals surface area contributed by atoms with E-state index in [4.69, 9.17) is 17.5 Å². The quantitative estimate of drug-likeness (QED) is 0.328. The van der Waals surface area contributed by atoms with Crippen LogP contribution in [0, 0.1) is 0 Å². The van der Waals surface area contributed by atoms with Crippen LogP contribution in [-0.2, 0) is 10.4 Å².